The molecule has 1 aliphatic rings. The number of hydrogen-bond acceptors (Lipinski definition) is 4. The molecular weight excluding hydrogens is 306 g/mol. The number of nitrogens with one attached hydrogen (secondary N) is 1. The zero-order valence-electron chi connectivity index (χ0n) is 13.7. The SMILES string of the molecule is C[C@@H](Sc1ncnc2ccccc12)C(=O)N[C@H]1CCCC[C@@H]1C. The largest absolute Gasteiger partial charge is 0.352 e. The van der Waals surface area contributed by atoms with Crippen LogP contribution in [-0.4, -0.2) is 27.2 Å². The summed E-state index contributed by atoms with van der Waals surface area (Å²) in [7, 11) is 0. The number of para-hydroxylation sites is 1. The van der Waals surface area contributed by atoms with E-state index >= 15 is 0 Å². The Hall–Kier alpha value is -1.62. The van der Waals surface area contributed by atoms with Crippen LogP contribution in [0.15, 0.2) is 35.6 Å². The quantitative estimate of drug-likeness (QED) is 0.684. The Morgan fingerprint density at radius 2 is 2.04 bits per heavy atom. The molecule has 3 rings (SSSR count). The van der Waals surface area contributed by atoms with Gasteiger partial charge < -0.3 is 5.32 Å². The number of rotatable bonds is 4. The number of carbonyl (C=O) groups excluding carboxylic acids is 1. The van der Waals surface area contributed by atoms with E-state index in [2.05, 4.69) is 22.2 Å². The summed E-state index contributed by atoms with van der Waals surface area (Å²) in [5.74, 6) is 0.682. The molecule has 1 aromatic heterocycles. The second-order valence-electron chi connectivity index (χ2n) is 6.33. The van der Waals surface area contributed by atoms with E-state index < -0.39 is 0 Å². The van der Waals surface area contributed by atoms with Crippen molar-refractivity contribution >= 4 is 28.6 Å². The van der Waals surface area contributed by atoms with Gasteiger partial charge in [0.05, 0.1) is 10.8 Å². The molecule has 1 heterocycles. The first-order valence-electron chi connectivity index (χ1n) is 8.32. The van der Waals surface area contributed by atoms with Gasteiger partial charge in [0.15, 0.2) is 0 Å². The number of amides is 1. The van der Waals surface area contributed by atoms with Crippen molar-refractivity contribution in [3.8, 4) is 0 Å². The van der Waals surface area contributed by atoms with Gasteiger partial charge in [0.2, 0.25) is 5.91 Å². The van der Waals surface area contributed by atoms with Crippen molar-refractivity contribution in [2.75, 3.05) is 0 Å². The third-order valence-electron chi connectivity index (χ3n) is 4.60. The van der Waals surface area contributed by atoms with Crippen LogP contribution in [0.1, 0.15) is 39.5 Å². The van der Waals surface area contributed by atoms with Gasteiger partial charge in [-0.15, -0.1) is 0 Å². The summed E-state index contributed by atoms with van der Waals surface area (Å²) >= 11 is 1.51. The number of thioether (sulfide) groups is 1. The van der Waals surface area contributed by atoms with E-state index in [0.29, 0.717) is 12.0 Å². The van der Waals surface area contributed by atoms with E-state index in [-0.39, 0.29) is 11.2 Å². The topological polar surface area (TPSA) is 54.9 Å². The van der Waals surface area contributed by atoms with Gasteiger partial charge in [0.25, 0.3) is 0 Å². The fourth-order valence-corrected chi connectivity index (χ4v) is 4.04. The van der Waals surface area contributed by atoms with Gasteiger partial charge in [-0.2, -0.15) is 0 Å². The van der Waals surface area contributed by atoms with Crippen LogP contribution >= 0.6 is 11.8 Å². The summed E-state index contributed by atoms with van der Waals surface area (Å²) in [4.78, 5) is 21.2. The molecule has 1 saturated carbocycles. The minimum atomic E-state index is -0.164. The van der Waals surface area contributed by atoms with Crippen LogP contribution < -0.4 is 5.32 Å². The van der Waals surface area contributed by atoms with Crippen molar-refractivity contribution in [2.45, 2.75) is 55.8 Å². The lowest BCUT2D eigenvalue weighted by molar-refractivity contribution is -0.121. The lowest BCUT2D eigenvalue weighted by Crippen LogP contribution is -2.44. The van der Waals surface area contributed by atoms with Gasteiger partial charge in [-0.25, -0.2) is 9.97 Å². The van der Waals surface area contributed by atoms with Crippen molar-refractivity contribution in [3.05, 3.63) is 30.6 Å². The molecule has 122 valence electrons. The predicted molar refractivity (Wildman–Crippen MR) is 94.4 cm³/mol. The molecule has 1 aliphatic carbocycles. The number of nitrogens with zero attached hydrogens (tertiary/aromatic N) is 2. The number of aromatic nitrogens is 2. The molecule has 1 aromatic carbocycles. The maximum Gasteiger partial charge on any atom is 0.233 e. The smallest absolute Gasteiger partial charge is 0.233 e. The van der Waals surface area contributed by atoms with Crippen LogP contribution in [0, 0.1) is 5.92 Å². The lowest BCUT2D eigenvalue weighted by Gasteiger charge is -2.30. The van der Waals surface area contributed by atoms with Crippen molar-refractivity contribution in [1.29, 1.82) is 0 Å². The molecular formula is C18H23N3OS. The van der Waals surface area contributed by atoms with Crippen molar-refractivity contribution in [3.63, 3.8) is 0 Å². The third kappa shape index (κ3) is 3.83. The number of fused-ring (bicyclic) bond motifs is 1. The first kappa shape index (κ1) is 16.2. The predicted octanol–water partition coefficient (Wildman–Crippen LogP) is 3.81. The molecule has 0 saturated heterocycles. The lowest BCUT2D eigenvalue weighted by atomic mass is 9.86. The molecule has 0 spiro atoms. The molecule has 23 heavy (non-hydrogen) atoms. The van der Waals surface area contributed by atoms with E-state index in [1.54, 1.807) is 6.33 Å². The Labute approximate surface area is 141 Å². The van der Waals surface area contributed by atoms with Gasteiger partial charge in [-0.3, -0.25) is 4.79 Å². The van der Waals surface area contributed by atoms with E-state index in [4.69, 9.17) is 0 Å². The van der Waals surface area contributed by atoms with E-state index in [1.807, 2.05) is 31.2 Å². The van der Waals surface area contributed by atoms with Crippen LogP contribution in [0.25, 0.3) is 10.9 Å². The zero-order valence-corrected chi connectivity index (χ0v) is 14.5. The minimum Gasteiger partial charge on any atom is -0.352 e. The molecule has 1 amide bonds. The molecule has 3 atom stereocenters. The van der Waals surface area contributed by atoms with Crippen LogP contribution in [0.4, 0.5) is 0 Å². The summed E-state index contributed by atoms with van der Waals surface area (Å²) in [6.07, 6.45) is 6.38. The van der Waals surface area contributed by atoms with Crippen LogP contribution in [0.5, 0.6) is 0 Å². The number of benzene rings is 1. The first-order valence-corrected chi connectivity index (χ1v) is 9.20. The highest BCUT2D eigenvalue weighted by Gasteiger charge is 2.25. The zero-order chi connectivity index (χ0) is 16.2. The molecule has 4 nitrogen and oxygen atoms in total. The normalized spacial score (nSPS) is 22.7. The Morgan fingerprint density at radius 3 is 2.87 bits per heavy atom. The van der Waals surface area contributed by atoms with Crippen molar-refractivity contribution < 1.29 is 4.79 Å². The molecule has 0 radical (unpaired) electrons. The number of carbonyl (C=O) groups is 1. The number of hydrogen-bond donors (Lipinski definition) is 1. The van der Waals surface area contributed by atoms with E-state index in [0.717, 1.165) is 22.3 Å². The summed E-state index contributed by atoms with van der Waals surface area (Å²) in [5.41, 5.74) is 0.915. The summed E-state index contributed by atoms with van der Waals surface area (Å²) in [6.45, 7) is 4.18. The standard InChI is InChI=1S/C18H23N3OS/c1-12-7-3-5-9-15(12)21-17(22)13(2)23-18-14-8-4-6-10-16(14)19-11-20-18/h4,6,8,10-13,15H,3,5,7,9H2,1-2H3,(H,21,22)/t12-,13+,15-/m0/s1. The Kier molecular flexibility index (Phi) is 5.16. The molecule has 1 fully saturated rings. The van der Waals surface area contributed by atoms with Gasteiger partial charge in [-0.05, 0) is 31.7 Å². The van der Waals surface area contributed by atoms with Crippen LogP contribution in [0.3, 0.4) is 0 Å². The van der Waals surface area contributed by atoms with E-state index in [1.165, 1.54) is 31.0 Å². The fourth-order valence-electron chi connectivity index (χ4n) is 3.13. The van der Waals surface area contributed by atoms with Gasteiger partial charge in [0.1, 0.15) is 11.4 Å². The summed E-state index contributed by atoms with van der Waals surface area (Å²) < 4.78 is 0. The average Bonchev–Trinajstić information content (AvgIpc) is 2.57. The Morgan fingerprint density at radius 1 is 1.26 bits per heavy atom. The molecule has 0 aliphatic heterocycles. The Bertz CT molecular complexity index is 686. The van der Waals surface area contributed by atoms with Crippen LogP contribution in [-0.2, 0) is 4.79 Å². The highest BCUT2D eigenvalue weighted by atomic mass is 32.2. The maximum absolute atomic E-state index is 12.5. The Balaban J connectivity index is 1.68. The van der Waals surface area contributed by atoms with Crippen LogP contribution in [0.2, 0.25) is 0 Å². The first-order chi connectivity index (χ1) is 11.1. The molecule has 0 bridgehead atoms. The van der Waals surface area contributed by atoms with Crippen molar-refractivity contribution in [1.82, 2.24) is 15.3 Å². The minimum absolute atomic E-state index is 0.108. The molecule has 5 heteroatoms. The highest BCUT2D eigenvalue weighted by molar-refractivity contribution is 8.00. The fraction of sp³-hybridized carbons (Fsp3) is 0.500. The van der Waals surface area contributed by atoms with Gasteiger partial charge in [0, 0.05) is 11.4 Å². The summed E-state index contributed by atoms with van der Waals surface area (Å²) in [6, 6.07) is 8.23. The second-order valence-corrected chi connectivity index (χ2v) is 7.66. The third-order valence-corrected chi connectivity index (χ3v) is 5.72. The summed E-state index contributed by atoms with van der Waals surface area (Å²) in [5, 5.41) is 4.94. The van der Waals surface area contributed by atoms with Crippen molar-refractivity contribution in [2.24, 2.45) is 5.92 Å². The molecule has 1 N–H and O–H groups in total. The van der Waals surface area contributed by atoms with E-state index in [9.17, 15) is 4.79 Å². The molecule has 2 aromatic rings. The monoisotopic (exact) mass is 329 g/mol. The second kappa shape index (κ2) is 7.30. The maximum atomic E-state index is 12.5. The molecule has 0 unspecified atom stereocenters. The highest BCUT2D eigenvalue weighted by Crippen LogP contribution is 2.29. The average molecular weight is 329 g/mol. The van der Waals surface area contributed by atoms with Gasteiger partial charge in [-0.1, -0.05) is 49.7 Å². The van der Waals surface area contributed by atoms with Gasteiger partial charge >= 0.3 is 0 Å².